The summed E-state index contributed by atoms with van der Waals surface area (Å²) in [6.45, 7) is 2.19. The maximum Gasteiger partial charge on any atom is 0.363 e. The second kappa shape index (κ2) is 7.87. The van der Waals surface area contributed by atoms with Crippen molar-refractivity contribution in [2.45, 2.75) is 13.5 Å². The van der Waals surface area contributed by atoms with Crippen LogP contribution in [0.4, 0.5) is 5.82 Å². The van der Waals surface area contributed by atoms with E-state index >= 15 is 0 Å². The Hall–Kier alpha value is -3.48. The first-order valence-corrected chi connectivity index (χ1v) is 7.70. The van der Waals surface area contributed by atoms with Gasteiger partial charge in [0.1, 0.15) is 18.1 Å². The number of benzene rings is 2. The van der Waals surface area contributed by atoms with Crippen molar-refractivity contribution in [2.24, 2.45) is 5.10 Å². The van der Waals surface area contributed by atoms with Crippen LogP contribution in [-0.2, 0) is 6.61 Å². The fourth-order valence-electron chi connectivity index (χ4n) is 2.11. The summed E-state index contributed by atoms with van der Waals surface area (Å²) in [7, 11) is 0. The van der Waals surface area contributed by atoms with Crippen molar-refractivity contribution in [3.63, 3.8) is 0 Å². The first kappa shape index (κ1) is 16.4. The number of H-pyrrole nitrogens is 1. The number of ether oxygens (including phenoxy) is 1. The molecule has 0 aliphatic carbocycles. The van der Waals surface area contributed by atoms with Gasteiger partial charge < -0.3 is 4.74 Å². The van der Waals surface area contributed by atoms with Gasteiger partial charge in [-0.25, -0.2) is 9.89 Å². The van der Waals surface area contributed by atoms with Crippen LogP contribution in [0.2, 0.25) is 0 Å². The van der Waals surface area contributed by atoms with Gasteiger partial charge in [-0.3, -0.25) is 5.43 Å². The van der Waals surface area contributed by atoms with Crippen molar-refractivity contribution in [3.8, 4) is 5.75 Å². The Balaban J connectivity index is 1.70. The molecule has 0 unspecified atom stereocenters. The first-order valence-electron chi connectivity index (χ1n) is 7.70. The molecule has 3 rings (SSSR count). The molecule has 0 aliphatic rings. The van der Waals surface area contributed by atoms with Gasteiger partial charge >= 0.3 is 5.69 Å². The Morgan fingerprint density at radius 1 is 1.16 bits per heavy atom. The quantitative estimate of drug-likeness (QED) is 0.533. The third-order valence-corrected chi connectivity index (χ3v) is 3.41. The van der Waals surface area contributed by atoms with Crippen molar-refractivity contribution >= 4 is 12.0 Å². The lowest BCUT2D eigenvalue weighted by Gasteiger charge is -2.09. The number of hydrogen-bond donors (Lipinski definition) is 2. The topological polar surface area (TPSA) is 92.3 Å². The van der Waals surface area contributed by atoms with E-state index in [0.29, 0.717) is 23.9 Å². The Morgan fingerprint density at radius 2 is 1.92 bits per heavy atom. The summed E-state index contributed by atoms with van der Waals surface area (Å²) in [6, 6.07) is 17.5. The van der Waals surface area contributed by atoms with Crippen LogP contribution in [0, 0.1) is 6.92 Å². The van der Waals surface area contributed by atoms with Crippen LogP contribution in [0.25, 0.3) is 0 Å². The fraction of sp³-hybridized carbons (Fsp3) is 0.111. The van der Waals surface area contributed by atoms with Crippen molar-refractivity contribution in [2.75, 3.05) is 5.43 Å². The lowest BCUT2D eigenvalue weighted by atomic mass is 10.2. The molecule has 0 spiro atoms. The molecule has 0 saturated heterocycles. The van der Waals surface area contributed by atoms with Gasteiger partial charge in [-0.15, -0.1) is 0 Å². The zero-order valence-corrected chi connectivity index (χ0v) is 13.6. The van der Waals surface area contributed by atoms with Crippen molar-refractivity contribution < 1.29 is 4.74 Å². The monoisotopic (exact) mass is 335 g/mol. The van der Waals surface area contributed by atoms with Crippen molar-refractivity contribution in [1.29, 1.82) is 0 Å². The summed E-state index contributed by atoms with van der Waals surface area (Å²) in [5.41, 5.74) is 4.63. The highest BCUT2D eigenvalue weighted by atomic mass is 16.5. The largest absolute Gasteiger partial charge is 0.488 e. The molecule has 2 N–H and O–H groups in total. The van der Waals surface area contributed by atoms with E-state index in [9.17, 15) is 4.79 Å². The molecule has 7 heteroatoms. The molecule has 1 aromatic heterocycles. The van der Waals surface area contributed by atoms with E-state index in [-0.39, 0.29) is 0 Å². The third kappa shape index (κ3) is 4.51. The van der Waals surface area contributed by atoms with Gasteiger partial charge in [0, 0.05) is 5.56 Å². The van der Waals surface area contributed by atoms with Gasteiger partial charge in [0.15, 0.2) is 5.82 Å². The standard InChI is InChI=1S/C18H17N5O2/c1-13-17(20-18(24)23-21-13)22-19-11-15-9-5-6-10-16(15)25-12-14-7-3-2-4-8-14/h2-11H,12H2,1H3,(H2,20,22,23,24). The molecule has 0 aliphatic heterocycles. The smallest absolute Gasteiger partial charge is 0.363 e. The third-order valence-electron chi connectivity index (χ3n) is 3.41. The molecular formula is C18H17N5O2. The van der Waals surface area contributed by atoms with Gasteiger partial charge in [-0.05, 0) is 24.6 Å². The first-order chi connectivity index (χ1) is 12.2. The lowest BCUT2D eigenvalue weighted by Crippen LogP contribution is -2.15. The molecule has 2 aromatic carbocycles. The number of hydrogen-bond acceptors (Lipinski definition) is 6. The number of nitrogens with one attached hydrogen (secondary N) is 2. The Labute approximate surface area is 144 Å². The Kier molecular flexibility index (Phi) is 5.16. The van der Waals surface area contributed by atoms with E-state index < -0.39 is 5.69 Å². The van der Waals surface area contributed by atoms with Gasteiger partial charge in [-0.1, -0.05) is 42.5 Å². The average Bonchev–Trinajstić information content (AvgIpc) is 2.64. The van der Waals surface area contributed by atoms with E-state index in [2.05, 4.69) is 25.7 Å². The van der Waals surface area contributed by atoms with Crippen LogP contribution in [0.3, 0.4) is 0 Å². The van der Waals surface area contributed by atoms with Crippen LogP contribution in [0.5, 0.6) is 5.75 Å². The molecule has 0 fully saturated rings. The Bertz CT molecular complexity index is 922. The maximum absolute atomic E-state index is 11.2. The molecule has 0 atom stereocenters. The SMILES string of the molecule is Cc1n[nH]c(=O)nc1NN=Cc1ccccc1OCc1ccccc1. The molecule has 25 heavy (non-hydrogen) atoms. The van der Waals surface area contributed by atoms with Gasteiger partial charge in [0.2, 0.25) is 0 Å². The summed E-state index contributed by atoms with van der Waals surface area (Å²) >= 11 is 0. The predicted octanol–water partition coefficient (Wildman–Crippen LogP) is 2.50. The van der Waals surface area contributed by atoms with Crippen molar-refractivity contribution in [3.05, 3.63) is 81.9 Å². The van der Waals surface area contributed by atoms with E-state index in [1.54, 1.807) is 13.1 Å². The minimum Gasteiger partial charge on any atom is -0.488 e. The van der Waals surface area contributed by atoms with E-state index in [4.69, 9.17) is 4.74 Å². The van der Waals surface area contributed by atoms with Crippen LogP contribution in [-0.4, -0.2) is 21.4 Å². The average molecular weight is 335 g/mol. The van der Waals surface area contributed by atoms with Gasteiger partial charge in [0.25, 0.3) is 0 Å². The normalized spacial score (nSPS) is 10.8. The highest BCUT2D eigenvalue weighted by molar-refractivity contribution is 5.83. The van der Waals surface area contributed by atoms with Gasteiger partial charge in [0.05, 0.1) is 6.21 Å². The molecule has 0 radical (unpaired) electrons. The number of aromatic amines is 1. The fourth-order valence-corrected chi connectivity index (χ4v) is 2.11. The summed E-state index contributed by atoms with van der Waals surface area (Å²) in [6.07, 6.45) is 1.61. The number of anilines is 1. The maximum atomic E-state index is 11.2. The zero-order valence-electron chi connectivity index (χ0n) is 13.6. The van der Waals surface area contributed by atoms with E-state index in [1.165, 1.54) is 0 Å². The molecule has 1 heterocycles. The molecule has 0 saturated carbocycles. The number of hydrazone groups is 1. The van der Waals surface area contributed by atoms with E-state index in [1.807, 2.05) is 54.6 Å². The molecule has 0 bridgehead atoms. The number of para-hydroxylation sites is 1. The van der Waals surface area contributed by atoms with Gasteiger partial charge in [-0.2, -0.15) is 15.2 Å². The number of nitrogens with zero attached hydrogens (tertiary/aromatic N) is 3. The van der Waals surface area contributed by atoms with Crippen LogP contribution < -0.4 is 15.9 Å². The number of rotatable bonds is 6. The van der Waals surface area contributed by atoms with Crippen molar-refractivity contribution in [1.82, 2.24) is 15.2 Å². The van der Waals surface area contributed by atoms with Crippen LogP contribution in [0.1, 0.15) is 16.8 Å². The predicted molar refractivity (Wildman–Crippen MR) is 95.8 cm³/mol. The minimum absolute atomic E-state index is 0.308. The van der Waals surface area contributed by atoms with E-state index in [0.717, 1.165) is 11.1 Å². The Morgan fingerprint density at radius 3 is 2.76 bits per heavy atom. The molecule has 126 valence electrons. The minimum atomic E-state index is -0.533. The highest BCUT2D eigenvalue weighted by Crippen LogP contribution is 2.17. The molecule has 7 nitrogen and oxygen atoms in total. The molecular weight excluding hydrogens is 318 g/mol. The highest BCUT2D eigenvalue weighted by Gasteiger charge is 2.03. The lowest BCUT2D eigenvalue weighted by molar-refractivity contribution is 0.306. The summed E-state index contributed by atoms with van der Waals surface area (Å²) in [5, 5.41) is 10.2. The molecule has 0 amide bonds. The summed E-state index contributed by atoms with van der Waals surface area (Å²) < 4.78 is 5.87. The summed E-state index contributed by atoms with van der Waals surface area (Å²) in [5.74, 6) is 1.02. The second-order valence-electron chi connectivity index (χ2n) is 5.26. The molecule has 3 aromatic rings. The number of aryl methyl sites for hydroxylation is 1. The zero-order chi connectivity index (χ0) is 17.5. The second-order valence-corrected chi connectivity index (χ2v) is 5.26. The summed E-state index contributed by atoms with van der Waals surface area (Å²) in [4.78, 5) is 15.0. The van der Waals surface area contributed by atoms with Crippen LogP contribution in [0.15, 0.2) is 64.5 Å². The number of aromatic nitrogens is 3. The van der Waals surface area contributed by atoms with Crippen LogP contribution >= 0.6 is 0 Å².